The van der Waals surface area contributed by atoms with Gasteiger partial charge in [-0.3, -0.25) is 15.0 Å². The summed E-state index contributed by atoms with van der Waals surface area (Å²) in [6, 6.07) is 6.97. The first kappa shape index (κ1) is 36.6. The van der Waals surface area contributed by atoms with Gasteiger partial charge in [-0.05, 0) is 43.2 Å². The zero-order chi connectivity index (χ0) is 33.9. The summed E-state index contributed by atoms with van der Waals surface area (Å²) in [6.45, 7) is 1.48. The van der Waals surface area contributed by atoms with Crippen LogP contribution in [0, 0.1) is 17.0 Å². The second-order valence-electron chi connectivity index (χ2n) is 10.4. The number of aliphatic hydroxyl groups excluding tert-OH is 1. The third-order valence-corrected chi connectivity index (χ3v) is 9.95. The van der Waals surface area contributed by atoms with Crippen molar-refractivity contribution in [3.63, 3.8) is 0 Å². The molecule has 4 rings (SSSR count). The summed E-state index contributed by atoms with van der Waals surface area (Å²) in [4.78, 5) is 23.6. The van der Waals surface area contributed by atoms with Crippen molar-refractivity contribution < 1.29 is 50.3 Å². The predicted molar refractivity (Wildman–Crippen MR) is 154 cm³/mol. The summed E-state index contributed by atoms with van der Waals surface area (Å²) in [5.41, 5.74) is 0.333. The van der Waals surface area contributed by atoms with Gasteiger partial charge >= 0.3 is 12.1 Å². The Kier molecular flexibility index (Phi) is 11.6. The summed E-state index contributed by atoms with van der Waals surface area (Å²) in [6.07, 6.45) is -5.26. The number of carbonyl (C=O) groups is 1. The Morgan fingerprint density at radius 1 is 1.18 bits per heavy atom. The van der Waals surface area contributed by atoms with E-state index in [1.165, 1.54) is 25.1 Å². The Labute approximate surface area is 264 Å². The summed E-state index contributed by atoms with van der Waals surface area (Å²) >= 11 is 12.1. The number of nitrogens with zero attached hydrogens (tertiary/aromatic N) is 4. The van der Waals surface area contributed by atoms with Crippen LogP contribution in [0.5, 0.6) is 0 Å². The van der Waals surface area contributed by atoms with Crippen LogP contribution in [0.4, 0.5) is 33.3 Å². The highest BCUT2D eigenvalue weighted by Gasteiger charge is 2.47. The number of nitro benzene ring substituents is 1. The first-order valence-electron chi connectivity index (χ1n) is 13.3. The molecule has 0 saturated carbocycles. The summed E-state index contributed by atoms with van der Waals surface area (Å²) in [7, 11) is -4.24. The highest BCUT2D eigenvalue weighted by Crippen LogP contribution is 2.40. The number of anilines is 1. The third kappa shape index (κ3) is 8.92. The van der Waals surface area contributed by atoms with Crippen molar-refractivity contribution in [3.8, 4) is 0 Å². The first-order chi connectivity index (χ1) is 20.8. The maximum absolute atomic E-state index is 13.9. The van der Waals surface area contributed by atoms with Gasteiger partial charge in [0.25, 0.3) is 11.6 Å². The fourth-order valence-electron chi connectivity index (χ4n) is 5.16. The number of piperazine rings is 1. The Hall–Kier alpha value is -2.83. The van der Waals surface area contributed by atoms with Gasteiger partial charge in [-0.15, -0.1) is 0 Å². The van der Waals surface area contributed by atoms with Crippen LogP contribution in [0.1, 0.15) is 24.0 Å². The van der Waals surface area contributed by atoms with Crippen molar-refractivity contribution in [2.45, 2.75) is 49.3 Å². The molecule has 2 N–H and O–H groups in total. The van der Waals surface area contributed by atoms with Gasteiger partial charge in [0.2, 0.25) is 10.0 Å². The molecule has 2 aliphatic heterocycles. The van der Waals surface area contributed by atoms with E-state index in [1.807, 2.05) is 0 Å². The fourth-order valence-corrected chi connectivity index (χ4v) is 7.18. The van der Waals surface area contributed by atoms with Crippen LogP contribution in [-0.4, -0.2) is 96.2 Å². The number of halogens is 7. The molecule has 0 unspecified atom stereocenters. The van der Waals surface area contributed by atoms with Gasteiger partial charge in [-0.25, -0.2) is 22.0 Å². The van der Waals surface area contributed by atoms with E-state index >= 15 is 0 Å². The lowest BCUT2D eigenvalue weighted by Gasteiger charge is -2.38. The van der Waals surface area contributed by atoms with E-state index in [-0.39, 0.29) is 72.5 Å². The van der Waals surface area contributed by atoms with Crippen molar-refractivity contribution >= 4 is 50.6 Å². The van der Waals surface area contributed by atoms with Crippen LogP contribution in [0.25, 0.3) is 0 Å². The molecule has 0 amide bonds. The van der Waals surface area contributed by atoms with Crippen molar-refractivity contribution in [1.29, 1.82) is 0 Å². The normalized spacial score (nSPS) is 18.4. The lowest BCUT2D eigenvalue weighted by molar-refractivity contribution is -0.384. The third-order valence-electron chi connectivity index (χ3n) is 7.23. The molecule has 2 fully saturated rings. The number of hydrogen-bond acceptors (Lipinski definition) is 8. The molecule has 45 heavy (non-hydrogen) atoms. The molecule has 2 aromatic carbocycles. The number of carboxylic acid groups (broad SMARTS) is 1. The Bertz CT molecular complexity index is 1530. The molecular formula is C26H29Cl2F5N4O7S. The molecule has 0 aliphatic carbocycles. The monoisotopic (exact) mass is 706 g/mol. The fraction of sp³-hybridized carbons (Fsp3) is 0.500. The molecule has 0 spiro atoms. The van der Waals surface area contributed by atoms with E-state index in [0.29, 0.717) is 23.7 Å². The molecule has 11 nitrogen and oxygen atoms in total. The molecule has 2 aliphatic rings. The highest BCUT2D eigenvalue weighted by molar-refractivity contribution is 7.89. The number of aliphatic hydroxyl groups is 1. The van der Waals surface area contributed by atoms with Gasteiger partial charge in [-0.1, -0.05) is 29.3 Å². The molecule has 1 atom stereocenters. The first-order valence-corrected chi connectivity index (χ1v) is 15.5. The summed E-state index contributed by atoms with van der Waals surface area (Å²) < 4.78 is 88.2. The quantitative estimate of drug-likeness (QED) is 0.210. The van der Waals surface area contributed by atoms with Crippen LogP contribution in [0.3, 0.4) is 0 Å². The lowest BCUT2D eigenvalue weighted by atomic mass is 10.1. The second kappa shape index (κ2) is 14.3. The topological polar surface area (TPSA) is 145 Å². The minimum atomic E-state index is -5.08. The molecule has 0 radical (unpaired) electrons. The molecule has 0 aromatic heterocycles. The smallest absolute Gasteiger partial charge is 0.475 e. The zero-order valence-electron chi connectivity index (χ0n) is 23.6. The van der Waals surface area contributed by atoms with E-state index in [9.17, 15) is 45.6 Å². The zero-order valence-corrected chi connectivity index (χ0v) is 25.9. The lowest BCUT2D eigenvalue weighted by Crippen LogP contribution is -2.50. The van der Waals surface area contributed by atoms with E-state index in [2.05, 4.69) is 0 Å². The molecule has 2 heterocycles. The minimum Gasteiger partial charge on any atom is -0.475 e. The minimum absolute atomic E-state index is 0.0358. The number of aliphatic carboxylic acids is 1. The van der Waals surface area contributed by atoms with Gasteiger partial charge in [0.05, 0.1) is 26.4 Å². The average Bonchev–Trinajstić information content (AvgIpc) is 3.25. The van der Waals surface area contributed by atoms with Crippen LogP contribution < -0.4 is 4.90 Å². The maximum atomic E-state index is 13.9. The van der Waals surface area contributed by atoms with E-state index < -0.39 is 39.1 Å². The van der Waals surface area contributed by atoms with Gasteiger partial charge in [-0.2, -0.15) is 17.5 Å². The number of rotatable bonds is 9. The van der Waals surface area contributed by atoms with Crippen LogP contribution >= 0.6 is 23.2 Å². The number of sulfonamides is 1. The van der Waals surface area contributed by atoms with Crippen molar-refractivity contribution in [2.75, 3.05) is 44.2 Å². The van der Waals surface area contributed by atoms with Crippen LogP contribution in [-0.2, 0) is 21.4 Å². The maximum Gasteiger partial charge on any atom is 0.490 e. The highest BCUT2D eigenvalue weighted by atomic mass is 35.5. The van der Waals surface area contributed by atoms with Crippen molar-refractivity contribution in [2.24, 2.45) is 0 Å². The number of fused-ring (bicyclic) bond motifs is 1. The van der Waals surface area contributed by atoms with Gasteiger partial charge in [0, 0.05) is 57.4 Å². The van der Waals surface area contributed by atoms with Crippen LogP contribution in [0.15, 0.2) is 35.2 Å². The molecular weight excluding hydrogens is 678 g/mol. The molecule has 2 aromatic rings. The van der Waals surface area contributed by atoms with Gasteiger partial charge in [0.1, 0.15) is 5.69 Å². The number of carboxylic acids is 1. The average molecular weight is 708 g/mol. The molecule has 0 bridgehead atoms. The summed E-state index contributed by atoms with van der Waals surface area (Å²) in [5.74, 6) is -5.56. The molecule has 250 valence electrons. The second-order valence-corrected chi connectivity index (χ2v) is 13.1. The largest absolute Gasteiger partial charge is 0.490 e. The Morgan fingerprint density at radius 3 is 2.38 bits per heavy atom. The summed E-state index contributed by atoms with van der Waals surface area (Å²) in [5, 5.41) is 29.2. The van der Waals surface area contributed by atoms with E-state index in [1.54, 1.807) is 21.9 Å². The standard InChI is InChI=1S/C24H28Cl2F2N4O5S.C2HF3O2/c1-16-22(38(36,37)31(7-2-10-33)13-17-3-4-19(25)20(26)11-17)6-5-21(23(16)32(34)35)29-8-9-30-15-24(27,28)12-18(30)14-29;3-2(4,5)1(6)7/h3-6,11,18,33H,2,7-10,12-15H2,1H3;(H,6,7)/t18-;/m0./s1. The number of alkyl halides is 5. The van der Waals surface area contributed by atoms with Crippen molar-refractivity contribution in [1.82, 2.24) is 9.21 Å². The van der Waals surface area contributed by atoms with Crippen molar-refractivity contribution in [3.05, 3.63) is 61.6 Å². The van der Waals surface area contributed by atoms with Gasteiger partial charge in [0.15, 0.2) is 0 Å². The molecule has 2 saturated heterocycles. The Balaban J connectivity index is 0.000000707. The SMILES string of the molecule is Cc1c(S(=O)(=O)N(CCCO)Cc2ccc(Cl)c(Cl)c2)ccc(N2CCN3CC(F)(F)C[C@H]3C2)c1[N+](=O)[O-].O=C(O)C(F)(F)F. The molecule has 19 heteroatoms. The Morgan fingerprint density at radius 2 is 1.82 bits per heavy atom. The van der Waals surface area contributed by atoms with Gasteiger partial charge < -0.3 is 15.1 Å². The van der Waals surface area contributed by atoms with Crippen LogP contribution in [0.2, 0.25) is 10.0 Å². The van der Waals surface area contributed by atoms with E-state index in [4.69, 9.17) is 33.1 Å². The number of benzene rings is 2. The number of nitro groups is 1. The number of hydrogen-bond donors (Lipinski definition) is 2. The predicted octanol–water partition coefficient (Wildman–Crippen LogP) is 4.95. The van der Waals surface area contributed by atoms with E-state index in [0.717, 1.165) is 4.31 Å².